The number of hydrogen-bond acceptors (Lipinski definition) is 3. The molecule has 0 saturated heterocycles. The highest BCUT2D eigenvalue weighted by atomic mass is 16.2. The van der Waals surface area contributed by atoms with Crippen molar-refractivity contribution in [2.75, 3.05) is 7.05 Å². The zero-order valence-electron chi connectivity index (χ0n) is 9.30. The first-order valence-corrected chi connectivity index (χ1v) is 5.13. The molecule has 6 nitrogen and oxygen atoms in total. The Morgan fingerprint density at radius 2 is 2.12 bits per heavy atom. The Kier molecular flexibility index (Phi) is 3.04. The fraction of sp³-hybridized carbons (Fsp3) is 0.182. The molecular formula is C11H12N4O2. The average Bonchev–Trinajstić information content (AvgIpc) is 2.72. The van der Waals surface area contributed by atoms with Gasteiger partial charge in [0, 0.05) is 7.05 Å². The molecule has 0 radical (unpaired) electrons. The lowest BCUT2D eigenvalue weighted by molar-refractivity contribution is 0.0957. The van der Waals surface area contributed by atoms with E-state index < -0.39 is 11.5 Å². The van der Waals surface area contributed by atoms with E-state index in [2.05, 4.69) is 15.6 Å². The highest BCUT2D eigenvalue weighted by Crippen LogP contribution is 1.99. The molecule has 0 aliphatic carbocycles. The van der Waals surface area contributed by atoms with Crippen molar-refractivity contribution in [3.63, 3.8) is 0 Å². The van der Waals surface area contributed by atoms with Crippen molar-refractivity contribution < 1.29 is 4.79 Å². The van der Waals surface area contributed by atoms with Gasteiger partial charge in [-0.3, -0.25) is 9.59 Å². The van der Waals surface area contributed by atoms with Gasteiger partial charge in [0.2, 0.25) is 5.69 Å². The van der Waals surface area contributed by atoms with E-state index in [-0.39, 0.29) is 5.69 Å². The standard InChI is InChI=1S/C11H12N4O2/c1-12-10(16)9-11(17)15(14-13-9)7-8-5-3-2-4-6-8/h2-6,14H,7H2,1H3,(H,12,16). The molecular weight excluding hydrogens is 220 g/mol. The van der Waals surface area contributed by atoms with Gasteiger partial charge in [0.25, 0.3) is 11.5 Å². The van der Waals surface area contributed by atoms with Crippen LogP contribution in [0.1, 0.15) is 16.1 Å². The molecule has 0 unspecified atom stereocenters. The van der Waals surface area contributed by atoms with E-state index in [4.69, 9.17) is 0 Å². The smallest absolute Gasteiger partial charge is 0.300 e. The number of carbonyl (C=O) groups is 1. The number of benzene rings is 1. The third kappa shape index (κ3) is 2.25. The molecule has 1 heterocycles. The predicted octanol–water partition coefficient (Wildman–Crippen LogP) is -0.0207. The quantitative estimate of drug-likeness (QED) is 0.780. The molecule has 0 fully saturated rings. The molecule has 0 bridgehead atoms. The van der Waals surface area contributed by atoms with E-state index in [9.17, 15) is 9.59 Å². The summed E-state index contributed by atoms with van der Waals surface area (Å²) in [4.78, 5) is 23.1. The summed E-state index contributed by atoms with van der Waals surface area (Å²) in [5.41, 5.74) is 0.415. The van der Waals surface area contributed by atoms with E-state index in [1.165, 1.54) is 11.7 Å². The molecule has 1 amide bonds. The van der Waals surface area contributed by atoms with E-state index >= 15 is 0 Å². The van der Waals surface area contributed by atoms with Gasteiger partial charge >= 0.3 is 0 Å². The number of hydrogen-bond donors (Lipinski definition) is 2. The number of carbonyl (C=O) groups excluding carboxylic acids is 1. The maximum atomic E-state index is 11.8. The van der Waals surface area contributed by atoms with Crippen molar-refractivity contribution in [1.29, 1.82) is 0 Å². The molecule has 0 aliphatic rings. The Morgan fingerprint density at radius 3 is 2.76 bits per heavy atom. The number of rotatable bonds is 3. The Bertz CT molecular complexity index is 571. The second-order valence-corrected chi connectivity index (χ2v) is 3.52. The summed E-state index contributed by atoms with van der Waals surface area (Å²) in [5.74, 6) is -0.488. The van der Waals surface area contributed by atoms with Crippen molar-refractivity contribution in [2.45, 2.75) is 6.54 Å². The van der Waals surface area contributed by atoms with Crippen molar-refractivity contribution in [2.24, 2.45) is 0 Å². The minimum absolute atomic E-state index is 0.122. The third-order valence-corrected chi connectivity index (χ3v) is 2.36. The average molecular weight is 232 g/mol. The number of H-pyrrole nitrogens is 1. The molecule has 6 heteroatoms. The minimum atomic E-state index is -0.488. The van der Waals surface area contributed by atoms with Crippen LogP contribution in [0.4, 0.5) is 0 Å². The number of nitrogens with one attached hydrogen (secondary N) is 2. The van der Waals surface area contributed by atoms with Gasteiger partial charge in [-0.1, -0.05) is 30.3 Å². The number of nitrogens with zero attached hydrogens (tertiary/aromatic N) is 2. The van der Waals surface area contributed by atoms with Gasteiger partial charge < -0.3 is 5.32 Å². The van der Waals surface area contributed by atoms with Crippen molar-refractivity contribution >= 4 is 5.91 Å². The van der Waals surface area contributed by atoms with Crippen molar-refractivity contribution in [1.82, 2.24) is 20.3 Å². The first-order chi connectivity index (χ1) is 8.22. The van der Waals surface area contributed by atoms with E-state index in [0.29, 0.717) is 6.54 Å². The van der Waals surface area contributed by atoms with Gasteiger partial charge in [-0.2, -0.15) is 0 Å². The molecule has 1 aromatic carbocycles. The summed E-state index contributed by atoms with van der Waals surface area (Å²) >= 11 is 0. The first-order valence-electron chi connectivity index (χ1n) is 5.13. The molecule has 2 aromatic rings. The predicted molar refractivity (Wildman–Crippen MR) is 61.8 cm³/mol. The van der Waals surface area contributed by atoms with Crippen LogP contribution in [0.3, 0.4) is 0 Å². The molecule has 1 aromatic heterocycles. The molecule has 0 aliphatic heterocycles. The molecule has 2 rings (SSSR count). The lowest BCUT2D eigenvalue weighted by Gasteiger charge is -1.99. The normalized spacial score (nSPS) is 10.2. The van der Waals surface area contributed by atoms with Crippen LogP contribution < -0.4 is 10.9 Å². The monoisotopic (exact) mass is 232 g/mol. The van der Waals surface area contributed by atoms with Crippen LogP contribution in [0.25, 0.3) is 0 Å². The van der Waals surface area contributed by atoms with Gasteiger partial charge in [-0.05, 0) is 5.56 Å². The van der Waals surface area contributed by atoms with Crippen molar-refractivity contribution in [3.05, 3.63) is 51.9 Å². The van der Waals surface area contributed by atoms with Crippen LogP contribution in [0, 0.1) is 0 Å². The van der Waals surface area contributed by atoms with E-state index in [0.717, 1.165) is 5.56 Å². The van der Waals surface area contributed by atoms with Crippen LogP contribution >= 0.6 is 0 Å². The lowest BCUT2D eigenvalue weighted by atomic mass is 10.2. The van der Waals surface area contributed by atoms with Crippen LogP contribution in [0.15, 0.2) is 35.1 Å². The van der Waals surface area contributed by atoms with Crippen molar-refractivity contribution in [3.8, 4) is 0 Å². The Hall–Kier alpha value is -2.37. The molecule has 0 atom stereocenters. The second-order valence-electron chi connectivity index (χ2n) is 3.52. The molecule has 88 valence electrons. The van der Waals surface area contributed by atoms with Gasteiger partial charge in [0.1, 0.15) is 0 Å². The summed E-state index contributed by atoms with van der Waals surface area (Å²) in [7, 11) is 1.46. The highest BCUT2D eigenvalue weighted by Gasteiger charge is 2.14. The number of amides is 1. The van der Waals surface area contributed by atoms with Crippen LogP contribution in [0.5, 0.6) is 0 Å². The topological polar surface area (TPSA) is 79.8 Å². The maximum absolute atomic E-state index is 11.8. The zero-order valence-corrected chi connectivity index (χ0v) is 9.30. The minimum Gasteiger partial charge on any atom is -0.354 e. The Labute approximate surface area is 97.3 Å². The van der Waals surface area contributed by atoms with E-state index in [1.807, 2.05) is 30.3 Å². The Balaban J connectivity index is 2.27. The summed E-state index contributed by atoms with van der Waals surface area (Å²) in [6.45, 7) is 0.365. The summed E-state index contributed by atoms with van der Waals surface area (Å²) < 4.78 is 1.29. The summed E-state index contributed by atoms with van der Waals surface area (Å²) in [6, 6.07) is 9.46. The highest BCUT2D eigenvalue weighted by molar-refractivity contribution is 5.91. The zero-order chi connectivity index (χ0) is 12.3. The van der Waals surface area contributed by atoms with Gasteiger partial charge in [0.05, 0.1) is 6.54 Å². The summed E-state index contributed by atoms with van der Waals surface area (Å²) in [5, 5.41) is 8.59. The number of aromatic amines is 1. The fourth-order valence-electron chi connectivity index (χ4n) is 1.47. The van der Waals surface area contributed by atoms with Crippen LogP contribution in [-0.4, -0.2) is 27.9 Å². The largest absolute Gasteiger partial charge is 0.354 e. The molecule has 0 spiro atoms. The SMILES string of the molecule is CNC(=O)c1n[nH]n(Cc2ccccc2)c1=O. The maximum Gasteiger partial charge on any atom is 0.300 e. The van der Waals surface area contributed by atoms with E-state index in [1.54, 1.807) is 0 Å². The lowest BCUT2D eigenvalue weighted by Crippen LogP contribution is -2.28. The first kappa shape index (κ1) is 11.1. The van der Waals surface area contributed by atoms with Crippen LogP contribution in [-0.2, 0) is 6.54 Å². The third-order valence-electron chi connectivity index (χ3n) is 2.36. The second kappa shape index (κ2) is 4.65. The van der Waals surface area contributed by atoms with Gasteiger partial charge in [0.15, 0.2) is 0 Å². The Morgan fingerprint density at radius 1 is 1.41 bits per heavy atom. The fourth-order valence-corrected chi connectivity index (χ4v) is 1.47. The van der Waals surface area contributed by atoms with Crippen LogP contribution in [0.2, 0.25) is 0 Å². The van der Waals surface area contributed by atoms with Gasteiger partial charge in [-0.25, -0.2) is 9.90 Å². The van der Waals surface area contributed by atoms with Gasteiger partial charge in [-0.15, -0.1) is 5.10 Å². The number of aromatic nitrogens is 3. The molecule has 2 N–H and O–H groups in total. The molecule has 17 heavy (non-hydrogen) atoms. The summed E-state index contributed by atoms with van der Waals surface area (Å²) in [6.07, 6.45) is 0. The molecule has 0 saturated carbocycles.